The lowest BCUT2D eigenvalue weighted by Gasteiger charge is -2.34. The Labute approximate surface area is 144 Å². The molecular weight excluding hydrogens is 304 g/mol. The molecule has 0 atom stereocenters. The molecule has 5 nitrogen and oxygen atoms in total. The van der Waals surface area contributed by atoms with Crippen molar-refractivity contribution in [1.82, 2.24) is 9.88 Å². The first-order valence-corrected chi connectivity index (χ1v) is 9.14. The Morgan fingerprint density at radius 1 is 1.17 bits per heavy atom. The number of rotatable bonds is 6. The zero-order chi connectivity index (χ0) is 17.7. The first-order chi connectivity index (χ1) is 11.5. The molecule has 5 heteroatoms. The predicted octanol–water partition coefficient (Wildman–Crippen LogP) is 3.88. The molecule has 1 N–H and O–H groups in total. The topological polar surface area (TPSA) is 62.4 Å². The minimum atomic E-state index is -0.291. The molecule has 1 saturated carbocycles. The van der Waals surface area contributed by atoms with Crippen molar-refractivity contribution in [3.63, 3.8) is 0 Å². The summed E-state index contributed by atoms with van der Waals surface area (Å²) in [4.78, 5) is 29.9. The maximum absolute atomic E-state index is 12.5. The van der Waals surface area contributed by atoms with Crippen molar-refractivity contribution >= 4 is 11.9 Å². The van der Waals surface area contributed by atoms with E-state index in [1.807, 2.05) is 25.7 Å². The third kappa shape index (κ3) is 4.00. The van der Waals surface area contributed by atoms with E-state index in [-0.39, 0.29) is 11.9 Å². The van der Waals surface area contributed by atoms with Gasteiger partial charge in [-0.15, -0.1) is 0 Å². The minimum absolute atomic E-state index is 0.186. The van der Waals surface area contributed by atoms with Gasteiger partial charge in [-0.25, -0.2) is 4.79 Å². The van der Waals surface area contributed by atoms with Gasteiger partial charge in [0.15, 0.2) is 0 Å². The molecule has 1 amide bonds. The summed E-state index contributed by atoms with van der Waals surface area (Å²) in [6.45, 7) is 8.44. The number of hydrogen-bond donors (Lipinski definition) is 1. The van der Waals surface area contributed by atoms with Crippen molar-refractivity contribution in [3.05, 3.63) is 22.5 Å². The summed E-state index contributed by atoms with van der Waals surface area (Å²) in [6.07, 6.45) is 6.31. The summed E-state index contributed by atoms with van der Waals surface area (Å²) in [5, 5.41) is 0. The molecule has 0 aliphatic heterocycles. The summed E-state index contributed by atoms with van der Waals surface area (Å²) in [5.41, 5.74) is 3.27. The number of carbonyl (C=O) groups excluding carboxylic acids is 2. The van der Waals surface area contributed by atoms with Crippen LogP contribution in [0.4, 0.5) is 0 Å². The standard InChI is InChI=1S/C19H30N2O3/c1-5-17(22)21(15-10-8-7-9-11-15)12-16-13(3)18(14(4)20-16)19(23)24-6-2/h15,20H,5-12H2,1-4H3. The van der Waals surface area contributed by atoms with Crippen molar-refractivity contribution in [3.8, 4) is 0 Å². The Morgan fingerprint density at radius 3 is 2.42 bits per heavy atom. The van der Waals surface area contributed by atoms with Crippen LogP contribution in [0.1, 0.15) is 79.7 Å². The van der Waals surface area contributed by atoms with Gasteiger partial charge in [-0.2, -0.15) is 0 Å². The Morgan fingerprint density at radius 2 is 1.83 bits per heavy atom. The van der Waals surface area contributed by atoms with E-state index in [9.17, 15) is 9.59 Å². The van der Waals surface area contributed by atoms with Crippen molar-refractivity contribution in [2.45, 2.75) is 78.8 Å². The Balaban J connectivity index is 2.24. The Kier molecular flexibility index (Phi) is 6.46. The molecule has 0 spiro atoms. The van der Waals surface area contributed by atoms with Gasteiger partial charge >= 0.3 is 5.97 Å². The molecule has 1 aliphatic rings. The smallest absolute Gasteiger partial charge is 0.340 e. The molecule has 1 aromatic heterocycles. The molecule has 0 radical (unpaired) electrons. The molecule has 1 fully saturated rings. The second-order valence-corrected chi connectivity index (χ2v) is 6.62. The highest BCUT2D eigenvalue weighted by molar-refractivity contribution is 5.92. The van der Waals surface area contributed by atoms with E-state index in [1.165, 1.54) is 19.3 Å². The zero-order valence-electron chi connectivity index (χ0n) is 15.4. The first-order valence-electron chi connectivity index (χ1n) is 9.14. The maximum atomic E-state index is 12.5. The van der Waals surface area contributed by atoms with Crippen LogP contribution in [0.2, 0.25) is 0 Å². The molecular formula is C19H30N2O3. The third-order valence-electron chi connectivity index (χ3n) is 4.99. The third-order valence-corrected chi connectivity index (χ3v) is 4.99. The lowest BCUT2D eigenvalue weighted by Crippen LogP contribution is -2.40. The summed E-state index contributed by atoms with van der Waals surface area (Å²) in [7, 11) is 0. The molecule has 1 aliphatic carbocycles. The first kappa shape index (κ1) is 18.6. The molecule has 2 rings (SSSR count). The van der Waals surface area contributed by atoms with Gasteiger partial charge in [-0.3, -0.25) is 4.79 Å². The fourth-order valence-corrected chi connectivity index (χ4v) is 3.67. The summed E-state index contributed by atoms with van der Waals surface area (Å²) in [6, 6.07) is 0.320. The molecule has 0 saturated heterocycles. The van der Waals surface area contributed by atoms with E-state index >= 15 is 0 Å². The van der Waals surface area contributed by atoms with Gasteiger partial charge in [0.2, 0.25) is 5.91 Å². The number of esters is 1. The SMILES string of the molecule is CCOC(=O)c1c(C)[nH]c(CN(C(=O)CC)C2CCCCC2)c1C. The van der Waals surface area contributed by atoms with E-state index in [2.05, 4.69) is 4.98 Å². The summed E-state index contributed by atoms with van der Waals surface area (Å²) < 4.78 is 5.15. The van der Waals surface area contributed by atoms with Gasteiger partial charge in [0, 0.05) is 23.9 Å². The van der Waals surface area contributed by atoms with Crippen LogP contribution in [-0.2, 0) is 16.1 Å². The van der Waals surface area contributed by atoms with Gasteiger partial charge in [-0.05, 0) is 39.2 Å². The number of nitrogens with one attached hydrogen (secondary N) is 1. The average molecular weight is 334 g/mol. The number of H-pyrrole nitrogens is 1. The normalized spacial score (nSPS) is 15.3. The van der Waals surface area contributed by atoms with Gasteiger partial charge in [0.1, 0.15) is 0 Å². The van der Waals surface area contributed by atoms with E-state index in [4.69, 9.17) is 4.74 Å². The number of ether oxygens (including phenoxy) is 1. The van der Waals surface area contributed by atoms with Gasteiger partial charge < -0.3 is 14.6 Å². The monoisotopic (exact) mass is 334 g/mol. The summed E-state index contributed by atoms with van der Waals surface area (Å²) in [5.74, 6) is -0.104. The van der Waals surface area contributed by atoms with E-state index < -0.39 is 0 Å². The van der Waals surface area contributed by atoms with E-state index in [0.29, 0.717) is 31.2 Å². The number of amides is 1. The summed E-state index contributed by atoms with van der Waals surface area (Å²) >= 11 is 0. The van der Waals surface area contributed by atoms with Crippen LogP contribution in [0.5, 0.6) is 0 Å². The van der Waals surface area contributed by atoms with E-state index in [1.54, 1.807) is 6.92 Å². The molecule has 1 heterocycles. The number of hydrogen-bond acceptors (Lipinski definition) is 3. The number of aromatic amines is 1. The van der Waals surface area contributed by atoms with Gasteiger partial charge in [0.25, 0.3) is 0 Å². The largest absolute Gasteiger partial charge is 0.462 e. The average Bonchev–Trinajstić information content (AvgIpc) is 2.86. The quantitative estimate of drug-likeness (QED) is 0.803. The molecule has 0 bridgehead atoms. The van der Waals surface area contributed by atoms with Gasteiger partial charge in [-0.1, -0.05) is 26.2 Å². The fourth-order valence-electron chi connectivity index (χ4n) is 3.67. The predicted molar refractivity (Wildman–Crippen MR) is 93.9 cm³/mol. The second-order valence-electron chi connectivity index (χ2n) is 6.62. The molecule has 0 unspecified atom stereocenters. The highest BCUT2D eigenvalue weighted by atomic mass is 16.5. The van der Waals surface area contributed by atoms with Gasteiger partial charge in [0.05, 0.1) is 18.7 Å². The molecule has 24 heavy (non-hydrogen) atoms. The Bertz CT molecular complexity index is 586. The molecule has 1 aromatic rings. The molecule has 134 valence electrons. The van der Waals surface area contributed by atoms with Crippen molar-refractivity contribution in [2.75, 3.05) is 6.61 Å². The lowest BCUT2D eigenvalue weighted by atomic mass is 9.93. The van der Waals surface area contributed by atoms with Crippen molar-refractivity contribution in [1.29, 1.82) is 0 Å². The molecule has 0 aromatic carbocycles. The Hall–Kier alpha value is -1.78. The van der Waals surface area contributed by atoms with Crippen LogP contribution in [0.25, 0.3) is 0 Å². The van der Waals surface area contributed by atoms with Crippen molar-refractivity contribution < 1.29 is 14.3 Å². The van der Waals surface area contributed by atoms with Crippen molar-refractivity contribution in [2.24, 2.45) is 0 Å². The van der Waals surface area contributed by atoms with Crippen LogP contribution in [0.3, 0.4) is 0 Å². The minimum Gasteiger partial charge on any atom is -0.462 e. The highest BCUT2D eigenvalue weighted by Gasteiger charge is 2.27. The zero-order valence-corrected chi connectivity index (χ0v) is 15.4. The lowest BCUT2D eigenvalue weighted by molar-refractivity contribution is -0.134. The van der Waals surface area contributed by atoms with Crippen LogP contribution >= 0.6 is 0 Å². The number of aryl methyl sites for hydroxylation is 1. The number of aromatic nitrogens is 1. The van der Waals surface area contributed by atoms with E-state index in [0.717, 1.165) is 29.8 Å². The fraction of sp³-hybridized carbons (Fsp3) is 0.684. The second kappa shape index (κ2) is 8.36. The van der Waals surface area contributed by atoms with Crippen LogP contribution in [-0.4, -0.2) is 34.4 Å². The maximum Gasteiger partial charge on any atom is 0.340 e. The number of nitrogens with zero attached hydrogens (tertiary/aromatic N) is 1. The highest BCUT2D eigenvalue weighted by Crippen LogP contribution is 2.27. The number of carbonyl (C=O) groups is 2. The van der Waals surface area contributed by atoms with Crippen LogP contribution in [0.15, 0.2) is 0 Å². The van der Waals surface area contributed by atoms with Crippen LogP contribution < -0.4 is 0 Å². The van der Waals surface area contributed by atoms with Crippen LogP contribution in [0, 0.1) is 13.8 Å².